The van der Waals surface area contributed by atoms with E-state index in [2.05, 4.69) is 5.32 Å². The number of hydrogen-bond donors (Lipinski definition) is 1. The van der Waals surface area contributed by atoms with Crippen LogP contribution in [0.1, 0.15) is 23.7 Å². The minimum Gasteiger partial charge on any atom is -0.457 e. The number of ether oxygens (including phenoxy) is 3. The summed E-state index contributed by atoms with van der Waals surface area (Å²) in [7, 11) is 0. The van der Waals surface area contributed by atoms with Gasteiger partial charge in [-0.1, -0.05) is 29.8 Å². The van der Waals surface area contributed by atoms with Crippen LogP contribution >= 0.6 is 11.6 Å². The van der Waals surface area contributed by atoms with Gasteiger partial charge in [-0.15, -0.1) is 0 Å². The molecule has 0 unspecified atom stereocenters. The fourth-order valence-corrected chi connectivity index (χ4v) is 3.43. The lowest BCUT2D eigenvalue weighted by molar-refractivity contribution is -0.141. The maximum Gasteiger partial charge on any atom is 0.307 e. The van der Waals surface area contributed by atoms with Crippen molar-refractivity contribution in [2.24, 2.45) is 5.92 Å². The summed E-state index contributed by atoms with van der Waals surface area (Å²) in [5.41, 5.74) is 1.80. The van der Waals surface area contributed by atoms with Crippen LogP contribution in [0.5, 0.6) is 11.5 Å². The van der Waals surface area contributed by atoms with E-state index in [4.69, 9.17) is 25.8 Å². The number of hydrogen-bond acceptors (Lipinski definition) is 5. The molecule has 2 aliphatic rings. The van der Waals surface area contributed by atoms with Crippen LogP contribution in [0.3, 0.4) is 0 Å². The predicted octanol–water partition coefficient (Wildman–Crippen LogP) is 3.03. The zero-order chi connectivity index (χ0) is 18.8. The molecule has 0 spiro atoms. The molecule has 6 nitrogen and oxygen atoms in total. The second-order valence-corrected chi connectivity index (χ2v) is 6.94. The third-order valence-corrected chi connectivity index (χ3v) is 4.95. The number of carbonyl (C=O) groups excluding carboxylic acids is 2. The maximum atomic E-state index is 12.6. The van der Waals surface area contributed by atoms with Gasteiger partial charge in [0.05, 0.1) is 12.3 Å². The normalized spacial score (nSPS) is 20.4. The molecule has 1 amide bonds. The number of benzene rings is 2. The Balaban J connectivity index is 1.36. The smallest absolute Gasteiger partial charge is 0.307 e. The van der Waals surface area contributed by atoms with Crippen LogP contribution < -0.4 is 14.8 Å². The molecule has 140 valence electrons. The SMILES string of the molecule is O=C1C[C@H](C(=O)NCCc2ccc3c(c2)OCO3)[C@@H](c2ccc(Cl)cc2)O1. The van der Waals surface area contributed by atoms with E-state index in [1.54, 1.807) is 24.3 Å². The van der Waals surface area contributed by atoms with E-state index < -0.39 is 12.0 Å². The minimum absolute atomic E-state index is 0.0726. The largest absolute Gasteiger partial charge is 0.457 e. The first-order valence-corrected chi connectivity index (χ1v) is 9.09. The van der Waals surface area contributed by atoms with Gasteiger partial charge in [-0.25, -0.2) is 0 Å². The maximum absolute atomic E-state index is 12.6. The van der Waals surface area contributed by atoms with Crippen molar-refractivity contribution >= 4 is 23.5 Å². The molecule has 1 N–H and O–H groups in total. The third kappa shape index (κ3) is 3.85. The zero-order valence-electron chi connectivity index (χ0n) is 14.4. The van der Waals surface area contributed by atoms with Gasteiger partial charge in [0.1, 0.15) is 6.10 Å². The molecule has 0 saturated carbocycles. The molecule has 0 aromatic heterocycles. The van der Waals surface area contributed by atoms with E-state index in [0.29, 0.717) is 18.0 Å². The molecule has 27 heavy (non-hydrogen) atoms. The van der Waals surface area contributed by atoms with Crippen molar-refractivity contribution in [1.29, 1.82) is 0 Å². The average Bonchev–Trinajstić information content (AvgIpc) is 3.28. The Bertz CT molecular complexity index is 867. The fourth-order valence-electron chi connectivity index (χ4n) is 3.30. The number of amides is 1. The van der Waals surface area contributed by atoms with Gasteiger partial charge in [0.25, 0.3) is 0 Å². The Morgan fingerprint density at radius 2 is 1.89 bits per heavy atom. The van der Waals surface area contributed by atoms with E-state index in [1.807, 2.05) is 18.2 Å². The van der Waals surface area contributed by atoms with E-state index >= 15 is 0 Å². The molecule has 2 aromatic rings. The summed E-state index contributed by atoms with van der Waals surface area (Å²) in [4.78, 5) is 24.4. The number of carbonyl (C=O) groups is 2. The second kappa shape index (κ2) is 7.48. The van der Waals surface area contributed by atoms with Gasteiger partial charge in [0.2, 0.25) is 12.7 Å². The number of fused-ring (bicyclic) bond motifs is 1. The monoisotopic (exact) mass is 387 g/mol. The quantitative estimate of drug-likeness (QED) is 0.798. The Morgan fingerprint density at radius 1 is 1.11 bits per heavy atom. The lowest BCUT2D eigenvalue weighted by Crippen LogP contribution is -2.33. The Labute approximate surface area is 161 Å². The number of esters is 1. The molecule has 4 rings (SSSR count). The summed E-state index contributed by atoms with van der Waals surface area (Å²) in [6, 6.07) is 12.7. The van der Waals surface area contributed by atoms with Gasteiger partial charge in [-0.05, 0) is 41.8 Å². The standard InChI is InChI=1S/C20H18ClNO5/c21-14-4-2-13(3-5-14)19-15(10-18(23)27-19)20(24)22-8-7-12-1-6-16-17(9-12)26-11-25-16/h1-6,9,15,19H,7-8,10-11H2,(H,22,24)/t15-,19+/m0/s1. The lowest BCUT2D eigenvalue weighted by atomic mass is 9.94. The van der Waals surface area contributed by atoms with Crippen LogP contribution in [-0.2, 0) is 20.7 Å². The Morgan fingerprint density at radius 3 is 2.70 bits per heavy atom. The summed E-state index contributed by atoms with van der Waals surface area (Å²) in [5, 5.41) is 3.49. The van der Waals surface area contributed by atoms with Crippen LogP contribution in [0, 0.1) is 5.92 Å². The number of nitrogens with one attached hydrogen (secondary N) is 1. The summed E-state index contributed by atoms with van der Waals surface area (Å²) >= 11 is 5.90. The summed E-state index contributed by atoms with van der Waals surface area (Å²) < 4.78 is 16.0. The second-order valence-electron chi connectivity index (χ2n) is 6.50. The molecular formula is C20H18ClNO5. The van der Waals surface area contributed by atoms with E-state index in [-0.39, 0.29) is 25.1 Å². The molecule has 2 aromatic carbocycles. The van der Waals surface area contributed by atoms with Gasteiger partial charge >= 0.3 is 5.97 Å². The first-order valence-electron chi connectivity index (χ1n) is 8.71. The first-order chi connectivity index (χ1) is 13.1. The highest BCUT2D eigenvalue weighted by molar-refractivity contribution is 6.30. The molecular weight excluding hydrogens is 370 g/mol. The highest BCUT2D eigenvalue weighted by Gasteiger charge is 2.40. The highest BCUT2D eigenvalue weighted by atomic mass is 35.5. The Kier molecular flexibility index (Phi) is 4.90. The van der Waals surface area contributed by atoms with Crippen molar-refractivity contribution in [3.63, 3.8) is 0 Å². The summed E-state index contributed by atoms with van der Waals surface area (Å²) in [5.74, 6) is 0.342. The summed E-state index contributed by atoms with van der Waals surface area (Å²) in [6.07, 6.45) is 0.138. The molecule has 2 heterocycles. The molecule has 0 aliphatic carbocycles. The van der Waals surface area contributed by atoms with Gasteiger partial charge in [0, 0.05) is 11.6 Å². The van der Waals surface area contributed by atoms with Crippen molar-refractivity contribution in [1.82, 2.24) is 5.32 Å². The van der Waals surface area contributed by atoms with Crippen molar-refractivity contribution < 1.29 is 23.8 Å². The molecule has 2 atom stereocenters. The average molecular weight is 388 g/mol. The minimum atomic E-state index is -0.583. The Hall–Kier alpha value is -2.73. The molecule has 2 aliphatic heterocycles. The van der Waals surface area contributed by atoms with Gasteiger partial charge in [0.15, 0.2) is 11.5 Å². The van der Waals surface area contributed by atoms with E-state index in [1.165, 1.54) is 0 Å². The van der Waals surface area contributed by atoms with Gasteiger partial charge < -0.3 is 19.5 Å². The van der Waals surface area contributed by atoms with Crippen molar-refractivity contribution in [3.8, 4) is 11.5 Å². The zero-order valence-corrected chi connectivity index (χ0v) is 15.2. The first kappa shape index (κ1) is 17.7. The number of rotatable bonds is 5. The number of halogens is 1. The van der Waals surface area contributed by atoms with Crippen LogP contribution in [0.2, 0.25) is 5.02 Å². The molecule has 0 radical (unpaired) electrons. The van der Waals surface area contributed by atoms with Crippen molar-refractivity contribution in [2.75, 3.05) is 13.3 Å². The lowest BCUT2D eigenvalue weighted by Gasteiger charge is -2.17. The number of cyclic esters (lactones) is 1. The van der Waals surface area contributed by atoms with Crippen molar-refractivity contribution in [2.45, 2.75) is 18.9 Å². The topological polar surface area (TPSA) is 73.9 Å². The van der Waals surface area contributed by atoms with Crippen LogP contribution in [0.25, 0.3) is 0 Å². The highest BCUT2D eigenvalue weighted by Crippen LogP contribution is 2.36. The van der Waals surface area contributed by atoms with Gasteiger partial charge in [-0.2, -0.15) is 0 Å². The van der Waals surface area contributed by atoms with Gasteiger partial charge in [-0.3, -0.25) is 9.59 Å². The molecule has 1 saturated heterocycles. The molecule has 1 fully saturated rings. The predicted molar refractivity (Wildman–Crippen MR) is 97.7 cm³/mol. The van der Waals surface area contributed by atoms with Crippen LogP contribution in [-0.4, -0.2) is 25.2 Å². The summed E-state index contributed by atoms with van der Waals surface area (Å²) in [6.45, 7) is 0.688. The van der Waals surface area contributed by atoms with Crippen LogP contribution in [0.4, 0.5) is 0 Å². The molecule has 0 bridgehead atoms. The van der Waals surface area contributed by atoms with Crippen molar-refractivity contribution in [3.05, 3.63) is 58.6 Å². The fraction of sp³-hybridized carbons (Fsp3) is 0.300. The van der Waals surface area contributed by atoms with E-state index in [0.717, 1.165) is 22.6 Å². The van der Waals surface area contributed by atoms with Crippen LogP contribution in [0.15, 0.2) is 42.5 Å². The molecule has 7 heteroatoms. The third-order valence-electron chi connectivity index (χ3n) is 4.70. The van der Waals surface area contributed by atoms with E-state index in [9.17, 15) is 9.59 Å².